The van der Waals surface area contributed by atoms with Crippen LogP contribution in [0.3, 0.4) is 0 Å². The molecule has 1 aliphatic heterocycles. The summed E-state index contributed by atoms with van der Waals surface area (Å²) in [5.41, 5.74) is 7.32. The molecule has 2 heterocycles. The largest absolute Gasteiger partial charge is 0.369 e. The average Bonchev–Trinajstić information content (AvgIpc) is 2.38. The molecule has 17 heavy (non-hydrogen) atoms. The molecule has 0 amide bonds. The van der Waals surface area contributed by atoms with Crippen LogP contribution in [0.4, 0.5) is 5.69 Å². The number of benzene rings is 1. The Morgan fingerprint density at radius 3 is 3.12 bits per heavy atom. The molecule has 0 spiro atoms. The Bertz CT molecular complexity index is 518. The third kappa shape index (κ3) is 1.98. The molecule has 3 heteroatoms. The number of aromatic nitrogens is 1. The molecule has 1 aromatic heterocycles. The molecule has 88 valence electrons. The molecule has 2 N–H and O–H groups in total. The van der Waals surface area contributed by atoms with E-state index in [4.69, 9.17) is 5.73 Å². The number of fused-ring (bicyclic) bond motifs is 1. The standard InChI is InChI=1S/C14H17N3/c15-12-4-2-8-17(10-12)14-5-1-3-11-6-7-16-9-13(11)14/h1,3,5-7,9,12H,2,4,8,10,15H2. The van der Waals surface area contributed by atoms with Crippen LogP contribution in [0.2, 0.25) is 0 Å². The van der Waals surface area contributed by atoms with Gasteiger partial charge in [0.1, 0.15) is 0 Å². The summed E-state index contributed by atoms with van der Waals surface area (Å²) < 4.78 is 0. The Labute approximate surface area is 101 Å². The fraction of sp³-hybridized carbons (Fsp3) is 0.357. The predicted octanol–water partition coefficient (Wildman–Crippen LogP) is 2.16. The molecule has 3 rings (SSSR count). The van der Waals surface area contributed by atoms with E-state index in [1.165, 1.54) is 22.9 Å². The van der Waals surface area contributed by atoms with Crippen molar-refractivity contribution in [2.24, 2.45) is 5.73 Å². The maximum atomic E-state index is 6.05. The minimum atomic E-state index is 0.302. The Hall–Kier alpha value is -1.61. The first kappa shape index (κ1) is 10.5. The van der Waals surface area contributed by atoms with E-state index in [0.717, 1.165) is 19.5 Å². The highest BCUT2D eigenvalue weighted by Gasteiger charge is 2.18. The molecule has 0 bridgehead atoms. The van der Waals surface area contributed by atoms with Gasteiger partial charge in [0.2, 0.25) is 0 Å². The summed E-state index contributed by atoms with van der Waals surface area (Å²) in [7, 11) is 0. The zero-order chi connectivity index (χ0) is 11.7. The van der Waals surface area contributed by atoms with Gasteiger partial charge in [-0.15, -0.1) is 0 Å². The van der Waals surface area contributed by atoms with Crippen LogP contribution in [-0.4, -0.2) is 24.1 Å². The van der Waals surface area contributed by atoms with Gasteiger partial charge < -0.3 is 10.6 Å². The van der Waals surface area contributed by atoms with Crippen LogP contribution in [0.5, 0.6) is 0 Å². The Morgan fingerprint density at radius 1 is 1.29 bits per heavy atom. The van der Waals surface area contributed by atoms with Crippen LogP contribution in [0.15, 0.2) is 36.7 Å². The number of nitrogens with zero attached hydrogens (tertiary/aromatic N) is 2. The highest BCUT2D eigenvalue weighted by Crippen LogP contribution is 2.27. The minimum Gasteiger partial charge on any atom is -0.369 e. The van der Waals surface area contributed by atoms with Crippen LogP contribution in [-0.2, 0) is 0 Å². The number of anilines is 1. The van der Waals surface area contributed by atoms with E-state index in [-0.39, 0.29) is 0 Å². The first-order valence-electron chi connectivity index (χ1n) is 6.18. The van der Waals surface area contributed by atoms with Crippen molar-refractivity contribution in [2.75, 3.05) is 18.0 Å². The van der Waals surface area contributed by atoms with E-state index in [1.54, 1.807) is 0 Å². The number of nitrogens with two attached hydrogens (primary N) is 1. The Morgan fingerprint density at radius 2 is 2.24 bits per heavy atom. The first-order valence-corrected chi connectivity index (χ1v) is 6.18. The van der Waals surface area contributed by atoms with Crippen molar-refractivity contribution >= 4 is 16.5 Å². The Kier molecular flexibility index (Phi) is 2.69. The van der Waals surface area contributed by atoms with Gasteiger partial charge in [-0.3, -0.25) is 4.98 Å². The highest BCUT2D eigenvalue weighted by atomic mass is 15.1. The van der Waals surface area contributed by atoms with Crippen LogP contribution < -0.4 is 10.6 Å². The van der Waals surface area contributed by atoms with E-state index in [0.29, 0.717) is 6.04 Å². The van der Waals surface area contributed by atoms with Crippen LogP contribution in [0, 0.1) is 0 Å². The number of hydrogen-bond acceptors (Lipinski definition) is 3. The van der Waals surface area contributed by atoms with E-state index < -0.39 is 0 Å². The van der Waals surface area contributed by atoms with Gasteiger partial charge in [-0.2, -0.15) is 0 Å². The lowest BCUT2D eigenvalue weighted by atomic mass is 10.0. The monoisotopic (exact) mass is 227 g/mol. The second-order valence-electron chi connectivity index (χ2n) is 4.72. The summed E-state index contributed by atoms with van der Waals surface area (Å²) >= 11 is 0. The molecule has 3 nitrogen and oxygen atoms in total. The van der Waals surface area contributed by atoms with Crippen molar-refractivity contribution in [1.29, 1.82) is 0 Å². The van der Waals surface area contributed by atoms with Gasteiger partial charge in [0.15, 0.2) is 0 Å². The van der Waals surface area contributed by atoms with Crippen molar-refractivity contribution in [3.05, 3.63) is 36.7 Å². The number of piperidine rings is 1. The molecule has 1 saturated heterocycles. The quantitative estimate of drug-likeness (QED) is 0.811. The van der Waals surface area contributed by atoms with Crippen molar-refractivity contribution in [3.63, 3.8) is 0 Å². The lowest BCUT2D eigenvalue weighted by Crippen LogP contribution is -2.42. The van der Waals surface area contributed by atoms with Gasteiger partial charge in [-0.25, -0.2) is 0 Å². The van der Waals surface area contributed by atoms with Crippen molar-refractivity contribution in [2.45, 2.75) is 18.9 Å². The normalized spacial score (nSPS) is 20.8. The van der Waals surface area contributed by atoms with Crippen LogP contribution >= 0.6 is 0 Å². The summed E-state index contributed by atoms with van der Waals surface area (Å²) in [5.74, 6) is 0. The lowest BCUT2D eigenvalue weighted by molar-refractivity contribution is 0.507. The molecule has 1 aromatic carbocycles. The SMILES string of the molecule is NC1CCCN(c2cccc3ccncc23)C1. The van der Waals surface area contributed by atoms with E-state index in [2.05, 4.69) is 34.1 Å². The molecule has 0 saturated carbocycles. The lowest BCUT2D eigenvalue weighted by Gasteiger charge is -2.33. The molecule has 1 atom stereocenters. The Balaban J connectivity index is 2.04. The zero-order valence-corrected chi connectivity index (χ0v) is 9.84. The molecule has 0 aliphatic carbocycles. The predicted molar refractivity (Wildman–Crippen MR) is 71.2 cm³/mol. The molecule has 2 aromatic rings. The van der Waals surface area contributed by atoms with Crippen molar-refractivity contribution in [3.8, 4) is 0 Å². The minimum absolute atomic E-state index is 0.302. The van der Waals surface area contributed by atoms with Gasteiger partial charge in [0.05, 0.1) is 0 Å². The summed E-state index contributed by atoms with van der Waals surface area (Å²) in [4.78, 5) is 6.62. The summed E-state index contributed by atoms with van der Waals surface area (Å²) in [6, 6.07) is 8.77. The van der Waals surface area contributed by atoms with E-state index >= 15 is 0 Å². The van der Waals surface area contributed by atoms with Gasteiger partial charge in [-0.05, 0) is 30.4 Å². The molecule has 1 fully saturated rings. The fourth-order valence-corrected chi connectivity index (χ4v) is 2.60. The summed E-state index contributed by atoms with van der Waals surface area (Å²) in [6.45, 7) is 2.05. The van der Waals surface area contributed by atoms with Crippen LogP contribution in [0.25, 0.3) is 10.8 Å². The number of pyridine rings is 1. The van der Waals surface area contributed by atoms with Gasteiger partial charge in [-0.1, -0.05) is 12.1 Å². The molecule has 0 radical (unpaired) electrons. The maximum Gasteiger partial charge on any atom is 0.0462 e. The molecular weight excluding hydrogens is 210 g/mol. The third-order valence-corrected chi connectivity index (χ3v) is 3.46. The van der Waals surface area contributed by atoms with Gasteiger partial charge >= 0.3 is 0 Å². The fourth-order valence-electron chi connectivity index (χ4n) is 2.60. The van der Waals surface area contributed by atoms with Gasteiger partial charge in [0, 0.05) is 42.6 Å². The molecule has 1 unspecified atom stereocenters. The van der Waals surface area contributed by atoms with Crippen LogP contribution in [0.1, 0.15) is 12.8 Å². The summed E-state index contributed by atoms with van der Waals surface area (Å²) in [6.07, 6.45) is 6.11. The third-order valence-electron chi connectivity index (χ3n) is 3.46. The smallest absolute Gasteiger partial charge is 0.0462 e. The number of rotatable bonds is 1. The number of hydrogen-bond donors (Lipinski definition) is 1. The second kappa shape index (κ2) is 4.34. The van der Waals surface area contributed by atoms with E-state index in [1.807, 2.05) is 12.4 Å². The first-order chi connectivity index (χ1) is 8.34. The average molecular weight is 227 g/mol. The molecular formula is C14H17N3. The summed E-state index contributed by atoms with van der Waals surface area (Å²) in [5, 5.41) is 2.47. The topological polar surface area (TPSA) is 42.1 Å². The van der Waals surface area contributed by atoms with E-state index in [9.17, 15) is 0 Å². The van der Waals surface area contributed by atoms with Crippen molar-refractivity contribution in [1.82, 2.24) is 4.98 Å². The zero-order valence-electron chi connectivity index (χ0n) is 9.84. The molecule has 1 aliphatic rings. The van der Waals surface area contributed by atoms with Gasteiger partial charge in [0.25, 0.3) is 0 Å². The second-order valence-corrected chi connectivity index (χ2v) is 4.72. The highest BCUT2D eigenvalue weighted by molar-refractivity contribution is 5.93. The van der Waals surface area contributed by atoms with Crippen molar-refractivity contribution < 1.29 is 0 Å². The maximum absolute atomic E-state index is 6.05.